The molecule has 3 fully saturated rings. The monoisotopic (exact) mass is 290 g/mol. The summed E-state index contributed by atoms with van der Waals surface area (Å²) in [7, 11) is 0. The van der Waals surface area contributed by atoms with Gasteiger partial charge < -0.3 is 0 Å². The first-order valence-electron chi connectivity index (χ1n) is 8.85. The lowest BCUT2D eigenvalue weighted by molar-refractivity contribution is -0.134. The van der Waals surface area contributed by atoms with Crippen LogP contribution in [0.1, 0.15) is 65.2 Å². The van der Waals surface area contributed by atoms with Crippen LogP contribution in [0.25, 0.3) is 0 Å². The van der Waals surface area contributed by atoms with Crippen molar-refractivity contribution in [3.63, 3.8) is 0 Å². The highest BCUT2D eigenvalue weighted by molar-refractivity contribution is 5.91. The molecule has 0 aromatic heterocycles. The Kier molecular flexibility index (Phi) is 2.94. The van der Waals surface area contributed by atoms with Gasteiger partial charge in [-0.1, -0.05) is 31.9 Å². The van der Waals surface area contributed by atoms with Gasteiger partial charge in [-0.25, -0.2) is 4.39 Å². The van der Waals surface area contributed by atoms with E-state index in [9.17, 15) is 9.18 Å². The Hall–Kier alpha value is -0.660. The molecule has 0 amide bonds. The quantitative estimate of drug-likeness (QED) is 0.582. The van der Waals surface area contributed by atoms with Gasteiger partial charge in [-0.15, -0.1) is 0 Å². The molecule has 1 nitrogen and oxygen atoms in total. The van der Waals surface area contributed by atoms with Crippen molar-refractivity contribution in [1.82, 2.24) is 0 Å². The number of Topliss-reactive ketones (excluding diaryl/α,β-unsaturated/α-hetero) is 1. The molecular weight excluding hydrogens is 263 g/mol. The highest BCUT2D eigenvalue weighted by Crippen LogP contribution is 2.64. The first-order valence-corrected chi connectivity index (χ1v) is 8.85. The van der Waals surface area contributed by atoms with Gasteiger partial charge in [0, 0.05) is 5.41 Å². The van der Waals surface area contributed by atoms with Crippen LogP contribution in [0, 0.1) is 28.6 Å². The predicted octanol–water partition coefficient (Wildman–Crippen LogP) is 4.86. The van der Waals surface area contributed by atoms with Crippen LogP contribution in [-0.4, -0.2) is 12.0 Å². The second kappa shape index (κ2) is 4.43. The summed E-state index contributed by atoms with van der Waals surface area (Å²) < 4.78 is 14.1. The van der Waals surface area contributed by atoms with Crippen molar-refractivity contribution in [2.75, 3.05) is 0 Å². The van der Waals surface area contributed by atoms with Crippen molar-refractivity contribution >= 4 is 5.78 Å². The van der Waals surface area contributed by atoms with Crippen molar-refractivity contribution in [3.8, 4) is 0 Å². The smallest absolute Gasteiger partial charge is 0.173 e. The molecule has 0 aliphatic heterocycles. The van der Waals surface area contributed by atoms with E-state index in [2.05, 4.69) is 19.9 Å². The van der Waals surface area contributed by atoms with E-state index < -0.39 is 6.17 Å². The number of rotatable bonds is 0. The molecule has 4 aliphatic rings. The summed E-state index contributed by atoms with van der Waals surface area (Å²) in [5.41, 5.74) is 1.66. The van der Waals surface area contributed by atoms with Crippen molar-refractivity contribution < 1.29 is 9.18 Å². The molecule has 0 spiro atoms. The number of carbonyl (C=O) groups excluding carboxylic acids is 1. The number of ketones is 1. The summed E-state index contributed by atoms with van der Waals surface area (Å²) in [6.07, 6.45) is 10.2. The second-order valence-electron chi connectivity index (χ2n) is 8.49. The summed E-state index contributed by atoms with van der Waals surface area (Å²) in [4.78, 5) is 12.3. The predicted molar refractivity (Wildman–Crippen MR) is 81.6 cm³/mol. The second-order valence-corrected chi connectivity index (χ2v) is 8.49. The van der Waals surface area contributed by atoms with E-state index in [1.54, 1.807) is 5.57 Å². The van der Waals surface area contributed by atoms with Gasteiger partial charge in [0.1, 0.15) is 0 Å². The first kappa shape index (κ1) is 14.0. The molecule has 4 rings (SSSR count). The molecule has 0 aromatic rings. The fourth-order valence-electron chi connectivity index (χ4n) is 6.45. The number of alkyl halides is 1. The number of hydrogen-bond donors (Lipinski definition) is 0. The minimum absolute atomic E-state index is 0.0884. The van der Waals surface area contributed by atoms with Gasteiger partial charge in [0.05, 0.1) is 0 Å². The van der Waals surface area contributed by atoms with E-state index >= 15 is 0 Å². The lowest BCUT2D eigenvalue weighted by atomic mass is 9.48. The van der Waals surface area contributed by atoms with Gasteiger partial charge in [0.15, 0.2) is 12.0 Å². The van der Waals surface area contributed by atoms with E-state index in [0.717, 1.165) is 19.3 Å². The largest absolute Gasteiger partial charge is 0.296 e. The minimum atomic E-state index is -1.19. The third kappa shape index (κ3) is 1.71. The number of allylic oxidation sites excluding steroid dienone is 2. The Labute approximate surface area is 127 Å². The average Bonchev–Trinajstić information content (AvgIpc) is 2.70. The van der Waals surface area contributed by atoms with Gasteiger partial charge in [-0.3, -0.25) is 4.79 Å². The van der Waals surface area contributed by atoms with Gasteiger partial charge >= 0.3 is 0 Å². The van der Waals surface area contributed by atoms with Crippen molar-refractivity contribution in [2.45, 2.75) is 71.4 Å². The third-order valence-electron chi connectivity index (χ3n) is 7.72. The summed E-state index contributed by atoms with van der Waals surface area (Å²) >= 11 is 0. The maximum atomic E-state index is 14.1. The number of halogens is 1. The number of fused-ring (bicyclic) bond motifs is 5. The third-order valence-corrected chi connectivity index (χ3v) is 7.72. The molecule has 5 unspecified atom stereocenters. The van der Waals surface area contributed by atoms with Gasteiger partial charge in [0.2, 0.25) is 0 Å². The van der Waals surface area contributed by atoms with Crippen LogP contribution in [-0.2, 0) is 4.79 Å². The number of carbonyl (C=O) groups is 1. The summed E-state index contributed by atoms with van der Waals surface area (Å²) in [5.74, 6) is 1.43. The highest BCUT2D eigenvalue weighted by Gasteiger charge is 2.61. The Bertz CT molecular complexity index is 510. The van der Waals surface area contributed by atoms with Crippen LogP contribution >= 0.6 is 0 Å². The first-order chi connectivity index (χ1) is 9.97. The highest BCUT2D eigenvalue weighted by atomic mass is 19.1. The molecule has 0 radical (unpaired) electrons. The molecule has 3 saturated carbocycles. The van der Waals surface area contributed by atoms with Crippen LogP contribution in [0.15, 0.2) is 11.6 Å². The molecular formula is C19H27FO. The van der Waals surface area contributed by atoms with Gasteiger partial charge in [0.25, 0.3) is 0 Å². The minimum Gasteiger partial charge on any atom is -0.296 e. The normalized spacial score (nSPS) is 52.7. The van der Waals surface area contributed by atoms with Crippen molar-refractivity contribution in [3.05, 3.63) is 11.6 Å². The zero-order valence-corrected chi connectivity index (χ0v) is 13.3. The Balaban J connectivity index is 1.71. The molecule has 0 aromatic carbocycles. The van der Waals surface area contributed by atoms with Crippen LogP contribution in [0.4, 0.5) is 4.39 Å². The SMILES string of the molecule is CC12CCC3C(CC=C4CCCCC43C)C1C[C@@H](F)C2=O. The molecule has 21 heavy (non-hydrogen) atoms. The van der Waals surface area contributed by atoms with E-state index in [1.807, 2.05) is 0 Å². The van der Waals surface area contributed by atoms with Crippen LogP contribution < -0.4 is 0 Å². The van der Waals surface area contributed by atoms with Crippen LogP contribution in [0.5, 0.6) is 0 Å². The van der Waals surface area contributed by atoms with Crippen LogP contribution in [0.3, 0.4) is 0 Å². The van der Waals surface area contributed by atoms with E-state index in [4.69, 9.17) is 0 Å². The van der Waals surface area contributed by atoms with E-state index in [-0.39, 0.29) is 17.1 Å². The van der Waals surface area contributed by atoms with E-state index in [0.29, 0.717) is 23.7 Å². The molecule has 116 valence electrons. The standard InChI is InChI=1S/C19H27FO/c1-18-9-4-3-5-12(18)6-7-13-14(18)8-10-19(2)15(13)11-16(20)17(19)21/h6,13-16H,3-5,7-11H2,1-2H3/t13?,14?,15?,16-,18?,19?/m1/s1. The molecule has 4 aliphatic carbocycles. The Morgan fingerprint density at radius 1 is 1.14 bits per heavy atom. The fraction of sp³-hybridized carbons (Fsp3) is 0.842. The Morgan fingerprint density at radius 2 is 1.95 bits per heavy atom. The summed E-state index contributed by atoms with van der Waals surface area (Å²) in [6.45, 7) is 4.51. The van der Waals surface area contributed by atoms with Crippen molar-refractivity contribution in [2.24, 2.45) is 28.6 Å². The molecule has 0 bridgehead atoms. The van der Waals surface area contributed by atoms with E-state index in [1.165, 1.54) is 25.7 Å². The van der Waals surface area contributed by atoms with Gasteiger partial charge in [-0.05, 0) is 68.1 Å². The zero-order valence-electron chi connectivity index (χ0n) is 13.3. The Morgan fingerprint density at radius 3 is 2.76 bits per heavy atom. The molecule has 0 heterocycles. The molecule has 0 N–H and O–H groups in total. The molecule has 0 saturated heterocycles. The van der Waals surface area contributed by atoms with Crippen LogP contribution in [0.2, 0.25) is 0 Å². The zero-order chi connectivity index (χ0) is 14.8. The van der Waals surface area contributed by atoms with Gasteiger partial charge in [-0.2, -0.15) is 0 Å². The molecule has 2 heteroatoms. The maximum absolute atomic E-state index is 14.1. The molecule has 6 atom stereocenters. The van der Waals surface area contributed by atoms with Crippen molar-refractivity contribution in [1.29, 1.82) is 0 Å². The topological polar surface area (TPSA) is 17.1 Å². The fourth-order valence-corrected chi connectivity index (χ4v) is 6.45. The summed E-state index contributed by atoms with van der Waals surface area (Å²) in [6, 6.07) is 0. The average molecular weight is 290 g/mol. The summed E-state index contributed by atoms with van der Waals surface area (Å²) in [5, 5.41) is 0. The maximum Gasteiger partial charge on any atom is 0.173 e. The number of hydrogen-bond acceptors (Lipinski definition) is 1. The lowest BCUT2D eigenvalue weighted by Crippen LogP contribution is -2.49. The lowest BCUT2D eigenvalue weighted by Gasteiger charge is -2.56.